The molecule has 0 spiro atoms. The van der Waals surface area contributed by atoms with Crippen molar-refractivity contribution in [1.29, 1.82) is 0 Å². The number of hydrogen-bond donors (Lipinski definition) is 2. The van der Waals surface area contributed by atoms with Gasteiger partial charge in [0.2, 0.25) is 0 Å². The standard InChI is InChI=1S/C26H39NO2S/c1-24-10-6-20(30-15-3-13-27)16-19(24)4-5-23-22(24)7-11-25(2)21(8-12-26(23,25)28)18-9-14-29-17-18/h9,14,16-17,20-23,28H,3-8,10-13,15,27H2,1-2H3/t20-,21+,22-,23+,24-,25+,26-/m0/s1. The van der Waals surface area contributed by atoms with E-state index >= 15 is 0 Å². The van der Waals surface area contributed by atoms with Gasteiger partial charge in [0.25, 0.3) is 0 Å². The quantitative estimate of drug-likeness (QED) is 0.452. The smallest absolute Gasteiger partial charge is 0.0937 e. The highest BCUT2D eigenvalue weighted by Gasteiger charge is 2.66. The minimum Gasteiger partial charge on any atom is -0.472 e. The largest absolute Gasteiger partial charge is 0.472 e. The summed E-state index contributed by atoms with van der Waals surface area (Å²) in [5.41, 5.74) is 8.43. The fourth-order valence-corrected chi connectivity index (χ4v) is 9.30. The molecule has 4 heteroatoms. The van der Waals surface area contributed by atoms with Gasteiger partial charge in [0.15, 0.2) is 0 Å². The average Bonchev–Trinajstić information content (AvgIpc) is 3.34. The van der Waals surface area contributed by atoms with E-state index in [9.17, 15) is 5.11 Å². The van der Waals surface area contributed by atoms with Gasteiger partial charge in [0, 0.05) is 10.7 Å². The van der Waals surface area contributed by atoms with Crippen LogP contribution < -0.4 is 5.73 Å². The molecule has 30 heavy (non-hydrogen) atoms. The Bertz CT molecular complexity index is 791. The summed E-state index contributed by atoms with van der Waals surface area (Å²) in [7, 11) is 0. The molecule has 3 nitrogen and oxygen atoms in total. The fraction of sp³-hybridized carbons (Fsp3) is 0.769. The number of allylic oxidation sites excluding steroid dienone is 1. The molecule has 5 rings (SSSR count). The van der Waals surface area contributed by atoms with Crippen LogP contribution in [0, 0.1) is 22.7 Å². The molecule has 0 aromatic carbocycles. The van der Waals surface area contributed by atoms with E-state index in [4.69, 9.17) is 10.2 Å². The van der Waals surface area contributed by atoms with Crippen LogP contribution in [0.5, 0.6) is 0 Å². The van der Waals surface area contributed by atoms with Crippen LogP contribution in [0.25, 0.3) is 0 Å². The van der Waals surface area contributed by atoms with E-state index in [2.05, 4.69) is 37.8 Å². The van der Waals surface area contributed by atoms with Crippen LogP contribution in [0.15, 0.2) is 34.7 Å². The second-order valence-electron chi connectivity index (χ2n) is 11.0. The molecular formula is C26H39NO2S. The summed E-state index contributed by atoms with van der Waals surface area (Å²) in [6.07, 6.45) is 16.8. The molecule has 1 heterocycles. The summed E-state index contributed by atoms with van der Waals surface area (Å²) in [6.45, 7) is 5.71. The molecule has 7 atom stereocenters. The van der Waals surface area contributed by atoms with Crippen molar-refractivity contribution < 1.29 is 9.52 Å². The summed E-state index contributed by atoms with van der Waals surface area (Å²) in [5, 5.41) is 12.9. The van der Waals surface area contributed by atoms with E-state index in [1.54, 1.807) is 11.8 Å². The minimum absolute atomic E-state index is 0.0229. The first-order valence-electron chi connectivity index (χ1n) is 12.2. The van der Waals surface area contributed by atoms with Gasteiger partial charge in [-0.15, -0.1) is 0 Å². The third-order valence-electron chi connectivity index (χ3n) is 9.88. The Morgan fingerprint density at radius 1 is 1.13 bits per heavy atom. The monoisotopic (exact) mass is 429 g/mol. The van der Waals surface area contributed by atoms with E-state index in [-0.39, 0.29) is 5.41 Å². The van der Waals surface area contributed by atoms with E-state index in [0.29, 0.717) is 28.4 Å². The molecular weight excluding hydrogens is 390 g/mol. The molecule has 4 aliphatic rings. The van der Waals surface area contributed by atoms with Crippen molar-refractivity contribution in [3.63, 3.8) is 0 Å². The Morgan fingerprint density at radius 3 is 2.77 bits per heavy atom. The Labute approximate surface area is 186 Å². The number of nitrogens with two attached hydrogens (primary N) is 1. The maximum Gasteiger partial charge on any atom is 0.0937 e. The highest BCUT2D eigenvalue weighted by atomic mass is 32.2. The number of hydrogen-bond acceptors (Lipinski definition) is 4. The molecule has 166 valence electrons. The van der Waals surface area contributed by atoms with E-state index in [1.807, 2.05) is 6.26 Å². The molecule has 1 aromatic rings. The number of furan rings is 1. The van der Waals surface area contributed by atoms with Crippen LogP contribution in [0.4, 0.5) is 0 Å². The SMILES string of the molecule is C[C@]12CC[C@H](SCCCN)C=C1CC[C@@H]1[C@@H]2CC[C@]2(C)[C@@H](c3ccoc3)CC[C@]12O. The predicted molar refractivity (Wildman–Crippen MR) is 125 cm³/mol. The third kappa shape index (κ3) is 3.00. The van der Waals surface area contributed by atoms with Crippen LogP contribution in [0.3, 0.4) is 0 Å². The van der Waals surface area contributed by atoms with Gasteiger partial charge in [-0.05, 0) is 105 Å². The molecule has 0 aliphatic heterocycles. The van der Waals surface area contributed by atoms with Crippen molar-refractivity contribution in [1.82, 2.24) is 0 Å². The first-order chi connectivity index (χ1) is 14.4. The second kappa shape index (κ2) is 7.71. The van der Waals surface area contributed by atoms with Crippen molar-refractivity contribution in [2.24, 2.45) is 28.4 Å². The molecule has 0 bridgehead atoms. The number of aliphatic hydroxyl groups is 1. The number of thioether (sulfide) groups is 1. The lowest BCUT2D eigenvalue weighted by molar-refractivity contribution is -0.177. The van der Waals surface area contributed by atoms with Gasteiger partial charge in [0.1, 0.15) is 0 Å². The molecule has 3 saturated carbocycles. The number of rotatable bonds is 5. The van der Waals surface area contributed by atoms with Gasteiger partial charge >= 0.3 is 0 Å². The first kappa shape index (κ1) is 21.2. The summed E-state index contributed by atoms with van der Waals surface area (Å²) >= 11 is 2.10. The topological polar surface area (TPSA) is 59.4 Å². The van der Waals surface area contributed by atoms with Gasteiger partial charge in [0.05, 0.1) is 18.1 Å². The summed E-state index contributed by atoms with van der Waals surface area (Å²) in [4.78, 5) is 0. The normalized spacial score (nSPS) is 45.4. The lowest BCUT2D eigenvalue weighted by atomic mass is 9.45. The van der Waals surface area contributed by atoms with Gasteiger partial charge in [-0.3, -0.25) is 0 Å². The minimum atomic E-state index is -0.529. The maximum atomic E-state index is 12.3. The highest BCUT2D eigenvalue weighted by Crippen LogP contribution is 2.70. The molecule has 0 radical (unpaired) electrons. The number of fused-ring (bicyclic) bond motifs is 5. The van der Waals surface area contributed by atoms with Crippen molar-refractivity contribution in [3.05, 3.63) is 35.8 Å². The van der Waals surface area contributed by atoms with Crippen LogP contribution in [-0.2, 0) is 0 Å². The molecule has 0 unspecified atom stereocenters. The summed E-state index contributed by atoms with van der Waals surface area (Å²) in [6, 6.07) is 2.13. The first-order valence-corrected chi connectivity index (χ1v) is 13.2. The van der Waals surface area contributed by atoms with Crippen LogP contribution in [0.2, 0.25) is 0 Å². The fourth-order valence-electron chi connectivity index (χ4n) is 8.12. The van der Waals surface area contributed by atoms with Gasteiger partial charge in [-0.25, -0.2) is 0 Å². The lowest BCUT2D eigenvalue weighted by Gasteiger charge is -2.62. The van der Waals surface area contributed by atoms with Gasteiger partial charge < -0.3 is 15.3 Å². The molecule has 3 fully saturated rings. The Morgan fingerprint density at radius 2 is 2.00 bits per heavy atom. The van der Waals surface area contributed by atoms with Crippen LogP contribution in [0.1, 0.15) is 83.1 Å². The van der Waals surface area contributed by atoms with Gasteiger partial charge in [-0.2, -0.15) is 11.8 Å². The zero-order chi connectivity index (χ0) is 21.0. The second-order valence-corrected chi connectivity index (χ2v) is 12.3. The van der Waals surface area contributed by atoms with Crippen molar-refractivity contribution >= 4 is 11.8 Å². The zero-order valence-corrected chi connectivity index (χ0v) is 19.6. The van der Waals surface area contributed by atoms with E-state index in [0.717, 1.165) is 38.6 Å². The molecule has 0 saturated heterocycles. The third-order valence-corrected chi connectivity index (χ3v) is 11.2. The molecule has 1 aromatic heterocycles. The van der Waals surface area contributed by atoms with Crippen molar-refractivity contribution in [3.8, 4) is 0 Å². The predicted octanol–water partition coefficient (Wildman–Crippen LogP) is 5.89. The van der Waals surface area contributed by atoms with Crippen molar-refractivity contribution in [2.75, 3.05) is 12.3 Å². The lowest BCUT2D eigenvalue weighted by Crippen LogP contribution is -2.60. The molecule has 3 N–H and O–H groups in total. The Hall–Kier alpha value is -0.710. The van der Waals surface area contributed by atoms with Crippen molar-refractivity contribution in [2.45, 2.75) is 88.4 Å². The highest BCUT2D eigenvalue weighted by molar-refractivity contribution is 8.00. The Balaban J connectivity index is 1.39. The van der Waals surface area contributed by atoms with Crippen LogP contribution in [-0.4, -0.2) is 28.3 Å². The van der Waals surface area contributed by atoms with E-state index in [1.165, 1.54) is 37.0 Å². The maximum absolute atomic E-state index is 12.3. The van der Waals surface area contributed by atoms with Crippen LogP contribution >= 0.6 is 11.8 Å². The van der Waals surface area contributed by atoms with Gasteiger partial charge in [-0.1, -0.05) is 25.5 Å². The molecule has 0 amide bonds. The summed E-state index contributed by atoms with van der Waals surface area (Å²) in [5.74, 6) is 2.69. The van der Waals surface area contributed by atoms with E-state index < -0.39 is 5.60 Å². The Kier molecular flexibility index (Phi) is 5.43. The summed E-state index contributed by atoms with van der Waals surface area (Å²) < 4.78 is 5.42. The zero-order valence-electron chi connectivity index (χ0n) is 18.7. The average molecular weight is 430 g/mol. The molecule has 4 aliphatic carbocycles.